The summed E-state index contributed by atoms with van der Waals surface area (Å²) in [7, 11) is 0. The van der Waals surface area contributed by atoms with E-state index in [1.54, 1.807) is 30.3 Å². The number of aromatic nitrogens is 1. The molecule has 5 amide bonds. The van der Waals surface area contributed by atoms with Crippen LogP contribution in [0, 0.1) is 35.2 Å². The molecule has 1 unspecified atom stereocenters. The minimum Gasteiger partial charge on any atom is -0.489 e. The molecular weight excluding hydrogens is 770 g/mol. The van der Waals surface area contributed by atoms with Crippen LogP contribution in [0.2, 0.25) is 5.02 Å². The minimum absolute atomic E-state index is 0.0297. The number of amides is 5. The summed E-state index contributed by atoms with van der Waals surface area (Å²) < 4.78 is 6.46. The molecule has 1 saturated carbocycles. The second-order valence-electron chi connectivity index (χ2n) is 17.7. The Morgan fingerprint density at radius 1 is 0.881 bits per heavy atom. The molecule has 3 aromatic rings. The average molecular weight is 814 g/mol. The Balaban J connectivity index is 0.776. The Labute approximate surface area is 347 Å². The molecule has 1 aliphatic carbocycles. The van der Waals surface area contributed by atoms with Gasteiger partial charge >= 0.3 is 0 Å². The molecule has 14 heteroatoms. The number of hydrogen-bond acceptors (Lipinski definition) is 9. The number of rotatable bonds is 6. The van der Waals surface area contributed by atoms with Crippen molar-refractivity contribution in [3.05, 3.63) is 93.0 Å². The van der Waals surface area contributed by atoms with E-state index < -0.39 is 29.7 Å². The highest BCUT2D eigenvalue weighted by Gasteiger charge is 2.67. The van der Waals surface area contributed by atoms with Crippen molar-refractivity contribution in [3.8, 4) is 17.6 Å². The van der Waals surface area contributed by atoms with E-state index in [4.69, 9.17) is 27.9 Å². The lowest BCUT2D eigenvalue weighted by Gasteiger charge is -2.65. The minimum atomic E-state index is -0.982. The number of ether oxygens (including phenoxy) is 1. The van der Waals surface area contributed by atoms with Crippen molar-refractivity contribution in [1.29, 1.82) is 0 Å². The van der Waals surface area contributed by atoms with E-state index in [1.807, 2.05) is 23.1 Å². The molecule has 6 heterocycles. The molecule has 13 nitrogen and oxygen atoms in total. The lowest BCUT2D eigenvalue weighted by Crippen LogP contribution is -2.74. The maximum Gasteiger partial charge on any atom is 0.262 e. The number of halogens is 1. The van der Waals surface area contributed by atoms with E-state index in [1.165, 1.54) is 0 Å². The van der Waals surface area contributed by atoms with Crippen molar-refractivity contribution in [2.45, 2.75) is 84.2 Å². The molecule has 0 bridgehead atoms. The molecule has 302 valence electrons. The average Bonchev–Trinajstić information content (AvgIpc) is 3.63. The Bertz CT molecular complexity index is 2440. The van der Waals surface area contributed by atoms with Crippen molar-refractivity contribution in [1.82, 2.24) is 25.0 Å². The number of imide groups is 2. The predicted octanol–water partition coefficient (Wildman–Crippen LogP) is 5.48. The zero-order valence-corrected chi connectivity index (χ0v) is 34.1. The van der Waals surface area contributed by atoms with Gasteiger partial charge in [0.15, 0.2) is 0 Å². The van der Waals surface area contributed by atoms with E-state index in [2.05, 4.69) is 59.5 Å². The molecule has 59 heavy (non-hydrogen) atoms. The lowest BCUT2D eigenvalue weighted by atomic mass is 9.49. The summed E-state index contributed by atoms with van der Waals surface area (Å²) in [6, 6.07) is 13.5. The molecule has 6 aliphatic rings. The topological polar surface area (TPSA) is 137 Å². The molecule has 1 atom stereocenters. The Kier molecular flexibility index (Phi) is 9.33. The van der Waals surface area contributed by atoms with Gasteiger partial charge in [0.2, 0.25) is 17.5 Å². The van der Waals surface area contributed by atoms with Crippen molar-refractivity contribution in [3.63, 3.8) is 0 Å². The van der Waals surface area contributed by atoms with Crippen molar-refractivity contribution < 1.29 is 28.7 Å². The number of carbonyl (C=O) groups excluding carboxylic acids is 5. The first-order chi connectivity index (χ1) is 28.1. The van der Waals surface area contributed by atoms with Gasteiger partial charge in [-0.3, -0.25) is 39.1 Å². The van der Waals surface area contributed by atoms with Gasteiger partial charge in [0.1, 0.15) is 23.6 Å². The molecular formula is C45H44ClN7O6. The van der Waals surface area contributed by atoms with E-state index in [-0.39, 0.29) is 53.2 Å². The highest BCUT2D eigenvalue weighted by molar-refractivity contribution is 6.33. The summed E-state index contributed by atoms with van der Waals surface area (Å²) in [5, 5.41) is 2.59. The first kappa shape index (κ1) is 38.7. The largest absolute Gasteiger partial charge is 0.489 e. The fourth-order valence-electron chi connectivity index (χ4n) is 10.7. The molecule has 1 aromatic heterocycles. The number of likely N-dealkylation sites (tertiary alicyclic amines) is 1. The van der Waals surface area contributed by atoms with Crippen molar-refractivity contribution in [2.24, 2.45) is 16.7 Å². The fourth-order valence-corrected chi connectivity index (χ4v) is 10.9. The van der Waals surface area contributed by atoms with Crippen LogP contribution in [-0.4, -0.2) is 99.6 Å². The summed E-state index contributed by atoms with van der Waals surface area (Å²) in [6.07, 6.45) is 1.93. The number of piperidine rings is 2. The Morgan fingerprint density at radius 3 is 2.29 bits per heavy atom. The lowest BCUT2D eigenvalue weighted by molar-refractivity contribution is -0.199. The summed E-state index contributed by atoms with van der Waals surface area (Å²) >= 11 is 6.29. The molecule has 9 rings (SSSR count). The molecule has 2 aromatic carbocycles. The number of nitrogens with zero attached hydrogens (tertiary/aromatic N) is 6. The van der Waals surface area contributed by atoms with Gasteiger partial charge < -0.3 is 14.5 Å². The standard InChI is InChI=1S/C45H44ClN7O6/c1-44(2)42(45(3,4)43(44)59-29-10-13-34(47-5)33(46)21-29)52-24-35-31(39(52)56)11-8-26(48-35)7-6-25-22-51(23-25)27-16-18-50(19-17-27)28-9-12-30-32(20-28)41(58)53(40(30)57)36-14-15-37(54)49-38(36)55/h8-13,20-21,25,27,36,42-43H,14-19,22-24H2,1-4H3,(H,49,54,55). The number of benzene rings is 2. The van der Waals surface area contributed by atoms with Crippen LogP contribution >= 0.6 is 11.6 Å². The second-order valence-corrected chi connectivity index (χ2v) is 18.1. The zero-order valence-electron chi connectivity index (χ0n) is 33.4. The van der Waals surface area contributed by atoms with E-state index in [9.17, 15) is 24.0 Å². The molecule has 1 N–H and O–H groups in total. The third-order valence-electron chi connectivity index (χ3n) is 13.2. The molecule has 0 spiro atoms. The van der Waals surface area contributed by atoms with Crippen LogP contribution in [0.3, 0.4) is 0 Å². The van der Waals surface area contributed by atoms with E-state index >= 15 is 0 Å². The summed E-state index contributed by atoms with van der Waals surface area (Å²) in [4.78, 5) is 80.2. The van der Waals surface area contributed by atoms with Gasteiger partial charge in [-0.25, -0.2) is 9.83 Å². The molecule has 4 fully saturated rings. The van der Waals surface area contributed by atoms with Crippen LogP contribution in [0.15, 0.2) is 48.5 Å². The van der Waals surface area contributed by atoms with Gasteiger partial charge in [0, 0.05) is 67.1 Å². The van der Waals surface area contributed by atoms with Crippen molar-refractivity contribution in [2.75, 3.05) is 31.1 Å². The van der Waals surface area contributed by atoms with Crippen LogP contribution in [-0.2, 0) is 16.1 Å². The quantitative estimate of drug-likeness (QED) is 0.195. The predicted molar refractivity (Wildman–Crippen MR) is 218 cm³/mol. The van der Waals surface area contributed by atoms with Crippen molar-refractivity contribution >= 4 is 52.5 Å². The Hall–Kier alpha value is -5.76. The number of hydrogen-bond donors (Lipinski definition) is 1. The molecule has 5 aliphatic heterocycles. The number of fused-ring (bicyclic) bond motifs is 2. The SMILES string of the molecule is [C-]#[N+]c1ccc(OC2C(C)(C)C(N3Cc4nc(C#CC5CN(C6CCN(c7ccc8c(c7)C(=O)N(C7CCC(=O)NC7=O)C8=O)CC6)C5)ccc4C3=O)C2(C)C)cc1Cl. The van der Waals surface area contributed by atoms with Gasteiger partial charge in [0.05, 0.1) is 40.5 Å². The Morgan fingerprint density at radius 2 is 1.59 bits per heavy atom. The van der Waals surface area contributed by atoms with Gasteiger partial charge in [-0.05, 0) is 67.6 Å². The highest BCUT2D eigenvalue weighted by atomic mass is 35.5. The smallest absolute Gasteiger partial charge is 0.262 e. The number of pyridine rings is 1. The van der Waals surface area contributed by atoms with Crippen LogP contribution in [0.1, 0.15) is 95.8 Å². The number of carbonyl (C=O) groups is 5. The first-order valence-corrected chi connectivity index (χ1v) is 20.5. The highest BCUT2D eigenvalue weighted by Crippen LogP contribution is 2.59. The van der Waals surface area contributed by atoms with E-state index in [0.717, 1.165) is 55.3 Å². The fraction of sp³-hybridized carbons (Fsp3) is 0.444. The van der Waals surface area contributed by atoms with Crippen LogP contribution in [0.25, 0.3) is 4.85 Å². The summed E-state index contributed by atoms with van der Waals surface area (Å²) in [5.41, 5.74) is 3.12. The zero-order chi connectivity index (χ0) is 41.5. The van der Waals surface area contributed by atoms with Crippen LogP contribution < -0.4 is 15.0 Å². The van der Waals surface area contributed by atoms with Gasteiger partial charge in [-0.15, -0.1) is 0 Å². The van der Waals surface area contributed by atoms with Crippen LogP contribution in [0.4, 0.5) is 11.4 Å². The summed E-state index contributed by atoms with van der Waals surface area (Å²) in [6.45, 7) is 19.5. The normalized spacial score (nSPS) is 25.1. The monoisotopic (exact) mass is 813 g/mol. The number of nitrogens with one attached hydrogen (secondary N) is 1. The third-order valence-corrected chi connectivity index (χ3v) is 13.5. The maximum absolute atomic E-state index is 13.8. The molecule has 3 saturated heterocycles. The first-order valence-electron chi connectivity index (χ1n) is 20.2. The van der Waals surface area contributed by atoms with Gasteiger partial charge in [-0.2, -0.15) is 0 Å². The summed E-state index contributed by atoms with van der Waals surface area (Å²) in [5.74, 6) is 5.49. The second kappa shape index (κ2) is 14.2. The third kappa shape index (κ3) is 6.43. The van der Waals surface area contributed by atoms with Gasteiger partial charge in [0.25, 0.3) is 17.7 Å². The van der Waals surface area contributed by atoms with Crippen LogP contribution in [0.5, 0.6) is 5.75 Å². The number of anilines is 1. The maximum atomic E-state index is 13.8. The van der Waals surface area contributed by atoms with E-state index in [0.29, 0.717) is 45.9 Å². The molecule has 0 radical (unpaired) electrons. The van der Waals surface area contributed by atoms with Gasteiger partial charge in [-0.1, -0.05) is 51.3 Å².